The Morgan fingerprint density at radius 1 is 0.824 bits per heavy atom. The zero-order valence-corrected chi connectivity index (χ0v) is 13.2. The van der Waals surface area contributed by atoms with Crippen molar-refractivity contribution >= 4 is 0 Å². The molecule has 108 valence electrons. The summed E-state index contributed by atoms with van der Waals surface area (Å²) in [5, 5.41) is 22.7. The Labute approximate surface area is 122 Å². The van der Waals surface area contributed by atoms with Crippen molar-refractivity contribution < 1.29 is 37.0 Å². The number of rotatable bonds is 1. The minimum Gasteiger partial charge on any atom is -0.397 e. The Kier molecular flexibility index (Phi) is 199. The molecule has 0 radical (unpaired) electrons. The minimum atomic E-state index is 0. The van der Waals surface area contributed by atoms with Crippen LogP contribution in [0.2, 0.25) is 0 Å². The van der Waals surface area contributed by atoms with Crippen molar-refractivity contribution in [1.29, 1.82) is 0 Å². The minimum absolute atomic E-state index is 0. The average Bonchev–Trinajstić information content (AvgIpc) is 2.22. The molecule has 0 aromatic carbocycles. The van der Waals surface area contributed by atoms with Crippen LogP contribution in [0.4, 0.5) is 0 Å². The Morgan fingerprint density at radius 3 is 0.882 bits per heavy atom. The molecule has 0 saturated heterocycles. The number of aliphatic hydroxyl groups is 3. The molecule has 0 bridgehead atoms. The third-order valence-electron chi connectivity index (χ3n) is 0.204. The zero-order chi connectivity index (χ0) is 14.2. The zero-order valence-electron chi connectivity index (χ0n) is 11.7. The molecule has 17 heavy (non-hydrogen) atoms. The summed E-state index contributed by atoms with van der Waals surface area (Å²) in [6, 6.07) is 0. The molecule has 0 atom stereocenters. The van der Waals surface area contributed by atoms with Gasteiger partial charge in [0, 0.05) is 19.8 Å². The molecule has 0 aliphatic rings. The van der Waals surface area contributed by atoms with Crippen molar-refractivity contribution in [3.63, 3.8) is 0 Å². The van der Waals surface area contributed by atoms with Crippen LogP contribution in [0.3, 0.4) is 0 Å². The van der Waals surface area contributed by atoms with Crippen molar-refractivity contribution in [2.75, 3.05) is 32.9 Å². The molecule has 0 aliphatic heterocycles. The molecular weight excluding hydrogens is 256 g/mol. The smallest absolute Gasteiger partial charge is 0.397 e. The Bertz CT molecular complexity index is 45.7. The number of nitrogens with two attached hydrogens (primary N) is 2. The maximum absolute atomic E-state index is 7.57. The van der Waals surface area contributed by atoms with Crippen LogP contribution in [0.1, 0.15) is 27.2 Å². The van der Waals surface area contributed by atoms with Crippen LogP contribution < -0.4 is 11.5 Å². The fourth-order valence-corrected chi connectivity index (χ4v) is 0. The summed E-state index contributed by atoms with van der Waals surface area (Å²) in [5.74, 6) is 0. The predicted octanol–water partition coefficient (Wildman–Crippen LogP) is -0.0582. The van der Waals surface area contributed by atoms with Crippen LogP contribution in [0.15, 0.2) is 0 Å². The topological polar surface area (TPSA) is 113 Å². The average molecular weight is 288 g/mol. The van der Waals surface area contributed by atoms with Crippen molar-refractivity contribution in [3.05, 3.63) is 13.8 Å². The van der Waals surface area contributed by atoms with E-state index in [4.69, 9.17) is 26.8 Å². The molecule has 7 N–H and O–H groups in total. The molecule has 6 heteroatoms. The maximum Gasteiger partial charge on any atom is 2.00 e. The van der Waals surface area contributed by atoms with Gasteiger partial charge in [-0.05, 0) is 27.3 Å². The quantitative estimate of drug-likeness (QED) is 0.343. The van der Waals surface area contributed by atoms with E-state index in [-0.39, 0.29) is 41.5 Å². The summed E-state index contributed by atoms with van der Waals surface area (Å²) in [4.78, 5) is 0. The number of hydrogen-bond donors (Lipinski definition) is 5. The van der Waals surface area contributed by atoms with Crippen molar-refractivity contribution in [2.24, 2.45) is 11.5 Å². The second-order valence-electron chi connectivity index (χ2n) is 1.88. The molecule has 0 rings (SSSR count). The standard InChI is InChI=1S/C3H8N.C2H6N.3C2H6O.Ti/c1-2-3-4;4*1-2-3;/h1-4H2;1-3H2;3*3H,2H2,1H3;/q2*-1;;;;+2. The van der Waals surface area contributed by atoms with Crippen LogP contribution in [0.25, 0.3) is 0 Å². The van der Waals surface area contributed by atoms with Gasteiger partial charge in [-0.15, -0.1) is 6.54 Å². The molecule has 0 saturated carbocycles. The first kappa shape index (κ1) is 36.0. The first-order valence-electron chi connectivity index (χ1n) is 5.39. The van der Waals surface area contributed by atoms with Crippen molar-refractivity contribution in [3.8, 4) is 0 Å². The van der Waals surface area contributed by atoms with Gasteiger partial charge in [0.15, 0.2) is 0 Å². The molecular formula is C11H32N2O3Ti. The van der Waals surface area contributed by atoms with Gasteiger partial charge in [-0.3, -0.25) is 0 Å². The first-order chi connectivity index (χ1) is 7.57. The van der Waals surface area contributed by atoms with Crippen LogP contribution in [-0.4, -0.2) is 48.2 Å². The molecule has 0 fully saturated rings. The van der Waals surface area contributed by atoms with E-state index in [2.05, 4.69) is 13.8 Å². The summed E-state index contributed by atoms with van der Waals surface area (Å²) in [6.07, 6.45) is 0.847. The van der Waals surface area contributed by atoms with Gasteiger partial charge >= 0.3 is 21.7 Å². The summed E-state index contributed by atoms with van der Waals surface area (Å²) >= 11 is 0. The molecule has 0 amide bonds. The van der Waals surface area contributed by atoms with E-state index in [0.717, 1.165) is 6.42 Å². The van der Waals surface area contributed by atoms with Gasteiger partial charge < -0.3 is 40.6 Å². The van der Waals surface area contributed by atoms with E-state index < -0.39 is 0 Å². The van der Waals surface area contributed by atoms with Crippen LogP contribution in [-0.2, 0) is 21.7 Å². The molecule has 0 aromatic heterocycles. The fourth-order valence-electron chi connectivity index (χ4n) is 0. The van der Waals surface area contributed by atoms with Crippen LogP contribution in [0.5, 0.6) is 0 Å². The van der Waals surface area contributed by atoms with E-state index in [1.807, 2.05) is 0 Å². The van der Waals surface area contributed by atoms with E-state index in [9.17, 15) is 0 Å². The maximum atomic E-state index is 7.57. The Hall–Kier alpha value is 0.514. The van der Waals surface area contributed by atoms with Crippen LogP contribution in [0, 0.1) is 13.8 Å². The summed E-state index contributed by atoms with van der Waals surface area (Å²) < 4.78 is 0. The SMILES string of the molecule is CCO.CCO.CCO.[CH2-]CCN.[CH2-]CN.[Ti+2]. The van der Waals surface area contributed by atoms with Gasteiger partial charge in [-0.2, -0.15) is 6.42 Å². The number of hydrogen-bond acceptors (Lipinski definition) is 5. The third-order valence-corrected chi connectivity index (χ3v) is 0.204. The molecule has 0 spiro atoms. The van der Waals surface area contributed by atoms with E-state index in [0.29, 0.717) is 13.1 Å². The third kappa shape index (κ3) is 1520. The van der Waals surface area contributed by atoms with Gasteiger partial charge in [0.2, 0.25) is 0 Å². The van der Waals surface area contributed by atoms with E-state index in [1.54, 1.807) is 20.8 Å². The monoisotopic (exact) mass is 288 g/mol. The second-order valence-corrected chi connectivity index (χ2v) is 1.88. The van der Waals surface area contributed by atoms with Gasteiger partial charge in [-0.25, -0.2) is 0 Å². The van der Waals surface area contributed by atoms with E-state index in [1.165, 1.54) is 0 Å². The summed E-state index contributed by atoms with van der Waals surface area (Å²) in [7, 11) is 0. The van der Waals surface area contributed by atoms with E-state index >= 15 is 0 Å². The second kappa shape index (κ2) is 93.7. The van der Waals surface area contributed by atoms with Crippen molar-refractivity contribution in [1.82, 2.24) is 0 Å². The normalized spacial score (nSPS) is 6.00. The fraction of sp³-hybridized carbons (Fsp3) is 0.818. The first-order valence-corrected chi connectivity index (χ1v) is 5.39. The Morgan fingerprint density at radius 2 is 0.882 bits per heavy atom. The Balaban J connectivity index is -0.0000000221. The largest absolute Gasteiger partial charge is 2.00 e. The van der Waals surface area contributed by atoms with Gasteiger partial charge in [0.25, 0.3) is 0 Å². The number of aliphatic hydroxyl groups excluding tert-OH is 3. The molecule has 0 unspecified atom stereocenters. The van der Waals surface area contributed by atoms with Crippen molar-refractivity contribution in [2.45, 2.75) is 27.2 Å². The molecule has 0 aliphatic carbocycles. The van der Waals surface area contributed by atoms with Gasteiger partial charge in [0.05, 0.1) is 0 Å². The summed E-state index contributed by atoms with van der Waals surface area (Å²) in [6.45, 7) is 13.7. The van der Waals surface area contributed by atoms with Gasteiger partial charge in [-0.1, -0.05) is 0 Å². The molecule has 0 aromatic rings. The molecule has 5 nitrogen and oxygen atoms in total. The van der Waals surface area contributed by atoms with Crippen LogP contribution >= 0.6 is 0 Å². The predicted molar refractivity (Wildman–Crippen MR) is 71.7 cm³/mol. The van der Waals surface area contributed by atoms with Gasteiger partial charge in [0.1, 0.15) is 0 Å². The molecule has 0 heterocycles. The summed E-state index contributed by atoms with van der Waals surface area (Å²) in [5.41, 5.74) is 9.70.